The number of benzene rings is 2. The van der Waals surface area contributed by atoms with Crippen molar-refractivity contribution >= 4 is 49.5 Å². The monoisotopic (exact) mass is 502 g/mol. The average Bonchev–Trinajstić information content (AvgIpc) is 3.21. The third-order valence-corrected chi connectivity index (χ3v) is 9.07. The molecule has 4 nitrogen and oxygen atoms in total. The summed E-state index contributed by atoms with van der Waals surface area (Å²) < 4.78 is 52.5. The zero-order valence-electron chi connectivity index (χ0n) is 16.2. The highest BCUT2D eigenvalue weighted by Crippen LogP contribution is 2.31. The van der Waals surface area contributed by atoms with Crippen molar-refractivity contribution in [3.63, 3.8) is 0 Å². The fraction of sp³-hybridized carbons (Fsp3) is 0.286. The Hall–Kier alpha value is -1.74. The van der Waals surface area contributed by atoms with Gasteiger partial charge >= 0.3 is 0 Å². The van der Waals surface area contributed by atoms with Crippen LogP contribution in [0.25, 0.3) is 0 Å². The number of anilines is 1. The molecule has 1 aromatic heterocycles. The molecule has 0 atom stereocenters. The van der Waals surface area contributed by atoms with E-state index in [4.69, 9.17) is 23.2 Å². The minimum absolute atomic E-state index is 0.0480. The number of aromatic nitrogens is 1. The second-order valence-electron chi connectivity index (χ2n) is 7.35. The van der Waals surface area contributed by atoms with E-state index in [9.17, 15) is 17.2 Å². The number of thiazole rings is 1. The van der Waals surface area contributed by atoms with Gasteiger partial charge in [0.1, 0.15) is 11.6 Å². The average molecular weight is 503 g/mol. The maximum absolute atomic E-state index is 13.4. The molecule has 1 saturated heterocycles. The number of hydrogen-bond acceptors (Lipinski definition) is 5. The lowest BCUT2D eigenvalue weighted by atomic mass is 10.1. The molecule has 0 saturated carbocycles. The van der Waals surface area contributed by atoms with E-state index < -0.39 is 26.7 Å². The number of hydrogen-bond donors (Lipinski definition) is 0. The van der Waals surface area contributed by atoms with Gasteiger partial charge in [0.05, 0.1) is 25.9 Å². The summed E-state index contributed by atoms with van der Waals surface area (Å²) in [6.45, 7) is 1.10. The van der Waals surface area contributed by atoms with E-state index in [2.05, 4.69) is 9.88 Å². The van der Waals surface area contributed by atoms with Gasteiger partial charge in [0.25, 0.3) is 0 Å². The van der Waals surface area contributed by atoms with Gasteiger partial charge in [-0.2, -0.15) is 0 Å². The van der Waals surface area contributed by atoms with Crippen LogP contribution in [0, 0.1) is 11.6 Å². The normalized spacial score (nSPS) is 15.4. The van der Waals surface area contributed by atoms with Gasteiger partial charge in [-0.25, -0.2) is 22.2 Å². The van der Waals surface area contributed by atoms with Crippen LogP contribution in [0.5, 0.6) is 0 Å². The van der Waals surface area contributed by atoms with E-state index >= 15 is 0 Å². The first-order valence-corrected chi connectivity index (χ1v) is 12.7. The van der Waals surface area contributed by atoms with Crippen LogP contribution in [0.15, 0.2) is 46.7 Å². The minimum Gasteiger partial charge on any atom is -0.348 e. The largest absolute Gasteiger partial charge is 0.348 e. The lowest BCUT2D eigenvalue weighted by molar-refractivity contribution is 0.529. The van der Waals surface area contributed by atoms with Gasteiger partial charge in [0.15, 0.2) is 15.0 Å². The lowest BCUT2D eigenvalue weighted by Gasteiger charge is -2.31. The summed E-state index contributed by atoms with van der Waals surface area (Å²) in [6.07, 6.45) is 1.42. The number of nitrogens with zero attached hydrogens (tertiary/aromatic N) is 2. The molecule has 0 radical (unpaired) electrons. The molecule has 0 unspecified atom stereocenters. The Bertz CT molecular complexity index is 1210. The van der Waals surface area contributed by atoms with Crippen LogP contribution >= 0.6 is 34.5 Å². The molecule has 164 valence electrons. The van der Waals surface area contributed by atoms with E-state index in [0.29, 0.717) is 32.4 Å². The van der Waals surface area contributed by atoms with Crippen LogP contribution in [0.4, 0.5) is 13.9 Å². The molecule has 31 heavy (non-hydrogen) atoms. The topological polar surface area (TPSA) is 50.3 Å². The predicted octanol–water partition coefficient (Wildman–Crippen LogP) is 5.76. The van der Waals surface area contributed by atoms with Gasteiger partial charge < -0.3 is 4.90 Å². The highest BCUT2D eigenvalue weighted by Gasteiger charge is 2.32. The third-order valence-electron chi connectivity index (χ3n) is 5.28. The number of piperidine rings is 1. The summed E-state index contributed by atoms with van der Waals surface area (Å²) in [6, 6.07) is 8.12. The molecule has 1 aliphatic heterocycles. The Morgan fingerprint density at radius 2 is 1.68 bits per heavy atom. The molecule has 2 heterocycles. The summed E-state index contributed by atoms with van der Waals surface area (Å²) in [5.74, 6) is -1.09. The van der Waals surface area contributed by atoms with Crippen molar-refractivity contribution in [2.75, 3.05) is 18.0 Å². The smallest absolute Gasteiger partial charge is 0.185 e. The van der Waals surface area contributed by atoms with Crippen LogP contribution in [0.3, 0.4) is 0 Å². The van der Waals surface area contributed by atoms with E-state index in [1.807, 2.05) is 5.38 Å². The van der Waals surface area contributed by atoms with Gasteiger partial charge in [-0.05, 0) is 48.7 Å². The van der Waals surface area contributed by atoms with Crippen LogP contribution < -0.4 is 4.90 Å². The van der Waals surface area contributed by atoms with Crippen molar-refractivity contribution in [2.24, 2.45) is 0 Å². The second kappa shape index (κ2) is 9.02. The molecular formula is C21H18Cl2F2N2O2S2. The molecule has 2 aromatic carbocycles. The molecule has 10 heteroatoms. The zero-order chi connectivity index (χ0) is 22.2. The molecule has 1 fully saturated rings. The van der Waals surface area contributed by atoms with Crippen LogP contribution in [-0.2, 0) is 16.3 Å². The molecule has 0 spiro atoms. The van der Waals surface area contributed by atoms with E-state index in [1.165, 1.54) is 29.5 Å². The Morgan fingerprint density at radius 3 is 2.32 bits per heavy atom. The van der Waals surface area contributed by atoms with E-state index in [1.54, 1.807) is 12.1 Å². The van der Waals surface area contributed by atoms with Gasteiger partial charge in [0, 0.05) is 24.9 Å². The molecule has 0 aliphatic carbocycles. The minimum atomic E-state index is -3.59. The van der Waals surface area contributed by atoms with Crippen LogP contribution in [0.1, 0.15) is 24.1 Å². The standard InChI is InChI=1S/C21H18Cl2F2N2O2S2/c22-17-10-13(1-3-19(17)24)9-14-12-30-21(26-14)27-7-5-15(6-8-27)31(28,29)16-2-4-20(25)18(23)11-16/h1-4,10-12,15H,5-9H2. The molecule has 0 N–H and O–H groups in total. The first-order chi connectivity index (χ1) is 14.7. The van der Waals surface area contributed by atoms with E-state index in [0.717, 1.165) is 22.5 Å². The zero-order valence-corrected chi connectivity index (χ0v) is 19.3. The molecule has 4 rings (SSSR count). The molecule has 3 aromatic rings. The van der Waals surface area contributed by atoms with Gasteiger partial charge in [0.2, 0.25) is 0 Å². The fourth-order valence-electron chi connectivity index (χ4n) is 3.59. The third kappa shape index (κ3) is 4.87. The summed E-state index contributed by atoms with van der Waals surface area (Å²) in [5, 5.41) is 2.10. The quantitative estimate of drug-likeness (QED) is 0.416. The van der Waals surface area contributed by atoms with E-state index in [-0.39, 0.29) is 14.9 Å². The van der Waals surface area contributed by atoms with Crippen molar-refractivity contribution < 1.29 is 17.2 Å². The maximum Gasteiger partial charge on any atom is 0.185 e. The molecule has 1 aliphatic rings. The van der Waals surface area contributed by atoms with Crippen molar-refractivity contribution in [1.29, 1.82) is 0 Å². The first-order valence-electron chi connectivity index (χ1n) is 9.56. The fourth-order valence-corrected chi connectivity index (χ4v) is 6.67. The highest BCUT2D eigenvalue weighted by molar-refractivity contribution is 7.92. The van der Waals surface area contributed by atoms with Crippen molar-refractivity contribution in [2.45, 2.75) is 29.4 Å². The number of sulfone groups is 1. The maximum atomic E-state index is 13.4. The molecule has 0 amide bonds. The predicted molar refractivity (Wildman–Crippen MR) is 120 cm³/mol. The number of rotatable bonds is 5. The van der Waals surface area contributed by atoms with Gasteiger partial charge in [-0.1, -0.05) is 29.3 Å². The molecule has 0 bridgehead atoms. The Balaban J connectivity index is 1.41. The van der Waals surface area contributed by atoms with Gasteiger partial charge in [-0.15, -0.1) is 11.3 Å². The van der Waals surface area contributed by atoms with Crippen LogP contribution in [0.2, 0.25) is 10.0 Å². The van der Waals surface area contributed by atoms with Gasteiger partial charge in [-0.3, -0.25) is 0 Å². The highest BCUT2D eigenvalue weighted by atomic mass is 35.5. The van der Waals surface area contributed by atoms with Crippen molar-refractivity contribution in [1.82, 2.24) is 4.98 Å². The number of halogens is 4. The summed E-state index contributed by atoms with van der Waals surface area (Å²) >= 11 is 13.1. The Morgan fingerprint density at radius 1 is 1.03 bits per heavy atom. The summed E-state index contributed by atoms with van der Waals surface area (Å²) in [5.41, 5.74) is 1.71. The Kier molecular flexibility index (Phi) is 6.53. The lowest BCUT2D eigenvalue weighted by Crippen LogP contribution is -2.39. The van der Waals surface area contributed by atoms with Crippen molar-refractivity contribution in [3.05, 3.63) is 74.7 Å². The first kappa shape index (κ1) is 22.5. The summed E-state index contributed by atoms with van der Waals surface area (Å²) in [4.78, 5) is 6.76. The SMILES string of the molecule is O=S(=O)(c1ccc(F)c(Cl)c1)C1CCN(c2nc(Cc3ccc(F)c(Cl)c3)cs2)CC1. The second-order valence-corrected chi connectivity index (χ2v) is 11.2. The summed E-state index contributed by atoms with van der Waals surface area (Å²) in [7, 11) is -3.59. The molecular weight excluding hydrogens is 485 g/mol. The van der Waals surface area contributed by atoms with Crippen LogP contribution in [-0.4, -0.2) is 31.7 Å². The Labute approximate surface area is 193 Å². The van der Waals surface area contributed by atoms with Crippen molar-refractivity contribution in [3.8, 4) is 0 Å².